The number of rotatable bonds is 6. The van der Waals surface area contributed by atoms with Gasteiger partial charge in [0, 0.05) is 70.3 Å². The second-order valence-corrected chi connectivity index (χ2v) is 15.5. The van der Waals surface area contributed by atoms with Crippen LogP contribution >= 0.6 is 0 Å². The number of carbonyl (C=O) groups is 2. The average Bonchev–Trinajstić information content (AvgIpc) is 3.62. The number of hydrogen-bond donors (Lipinski definition) is 0. The van der Waals surface area contributed by atoms with Crippen LogP contribution in [-0.2, 0) is 13.3 Å². The molecule has 10 atom stereocenters. The van der Waals surface area contributed by atoms with E-state index in [1.807, 2.05) is 24.3 Å². The Morgan fingerprint density at radius 1 is 0.667 bits per heavy atom. The van der Waals surface area contributed by atoms with Gasteiger partial charge in [-0.1, -0.05) is 26.7 Å². The molecule has 8 bridgehead atoms. The van der Waals surface area contributed by atoms with E-state index in [-0.39, 0.29) is 0 Å². The molecule has 48 heavy (non-hydrogen) atoms. The zero-order valence-electron chi connectivity index (χ0n) is 28.7. The summed E-state index contributed by atoms with van der Waals surface area (Å²) in [5.74, 6) is 5.82. The van der Waals surface area contributed by atoms with Gasteiger partial charge in [-0.05, 0) is 85.8 Å². The van der Waals surface area contributed by atoms with Crippen molar-refractivity contribution in [2.75, 3.05) is 27.3 Å². The molecule has 0 radical (unpaired) electrons. The third-order valence-corrected chi connectivity index (χ3v) is 13.4. The normalized spacial score (nSPS) is 33.5. The Labute approximate surface area is 282 Å². The van der Waals surface area contributed by atoms with Crippen LogP contribution in [0.4, 0.5) is 0 Å². The summed E-state index contributed by atoms with van der Waals surface area (Å²) in [6.07, 6.45) is 9.88. The maximum atomic E-state index is 12.0. The summed E-state index contributed by atoms with van der Waals surface area (Å²) in [7, 11) is 3.36. The molecule has 8 aliphatic rings. The Bertz CT molecular complexity index is 1790. The first-order valence-corrected chi connectivity index (χ1v) is 18.3. The van der Waals surface area contributed by atoms with E-state index in [1.165, 1.54) is 74.0 Å². The SMILES string of the molecule is CC[C@H]1C[C@@H]2C[C@H]3c4c(C=O)c5cc(OC)ccc5n4CN(C2)[C@@H]13.CC[C@H]1C[C@@H]2C[C@H]3c4c(C=O)c5cc(OC)ccc5n4CN(C2)[C@@H]13. The molecular weight excluding hydrogens is 600 g/mol. The molecule has 0 spiro atoms. The number of aldehydes is 2. The largest absolute Gasteiger partial charge is 0.497 e. The number of carbonyl (C=O) groups excluding carboxylic acids is 2. The number of methoxy groups -OCH3 is 2. The van der Waals surface area contributed by atoms with Gasteiger partial charge in [-0.3, -0.25) is 19.4 Å². The maximum Gasteiger partial charge on any atom is 0.152 e. The van der Waals surface area contributed by atoms with E-state index in [1.54, 1.807) is 14.2 Å². The van der Waals surface area contributed by atoms with E-state index in [4.69, 9.17) is 9.47 Å². The van der Waals surface area contributed by atoms with Crippen LogP contribution in [0.15, 0.2) is 36.4 Å². The quantitative estimate of drug-likeness (QED) is 0.205. The summed E-state index contributed by atoms with van der Waals surface area (Å²) in [6, 6.07) is 13.5. The highest BCUT2D eigenvalue weighted by molar-refractivity contribution is 6.01. The van der Waals surface area contributed by atoms with Crippen LogP contribution in [0.25, 0.3) is 21.8 Å². The molecular formula is C40H48N4O4. The van der Waals surface area contributed by atoms with Gasteiger partial charge in [0.25, 0.3) is 0 Å². The Balaban J connectivity index is 0.000000131. The second kappa shape index (κ2) is 11.5. The van der Waals surface area contributed by atoms with Gasteiger partial charge in [0.05, 0.1) is 38.6 Å². The molecule has 8 nitrogen and oxygen atoms in total. The molecule has 0 N–H and O–H groups in total. The van der Waals surface area contributed by atoms with Crippen molar-refractivity contribution >= 4 is 34.4 Å². The van der Waals surface area contributed by atoms with Crippen LogP contribution in [0.2, 0.25) is 0 Å². The lowest BCUT2D eigenvalue weighted by Crippen LogP contribution is -2.59. The number of hydrogen-bond acceptors (Lipinski definition) is 6. The second-order valence-electron chi connectivity index (χ2n) is 15.5. The molecule has 2 aromatic heterocycles. The zero-order chi connectivity index (χ0) is 32.8. The Kier molecular flexibility index (Phi) is 7.28. The van der Waals surface area contributed by atoms with Gasteiger partial charge in [0.15, 0.2) is 12.6 Å². The summed E-state index contributed by atoms with van der Waals surface area (Å²) in [4.78, 5) is 29.4. The van der Waals surface area contributed by atoms with Gasteiger partial charge in [0.2, 0.25) is 0 Å². The van der Waals surface area contributed by atoms with Crippen molar-refractivity contribution in [3.05, 3.63) is 58.9 Å². The summed E-state index contributed by atoms with van der Waals surface area (Å²) < 4.78 is 15.6. The van der Waals surface area contributed by atoms with Crippen molar-refractivity contribution in [3.8, 4) is 11.5 Å². The van der Waals surface area contributed by atoms with Crippen molar-refractivity contribution in [2.24, 2.45) is 23.7 Å². The van der Waals surface area contributed by atoms with Crippen molar-refractivity contribution in [3.63, 3.8) is 0 Å². The number of ether oxygens (including phenoxy) is 2. The lowest BCUT2D eigenvalue weighted by molar-refractivity contribution is -0.0542. The highest BCUT2D eigenvalue weighted by Gasteiger charge is 2.52. The summed E-state index contributed by atoms with van der Waals surface area (Å²) in [6.45, 7) is 8.96. The van der Waals surface area contributed by atoms with Crippen LogP contribution in [-0.4, -0.2) is 70.9 Å². The topological polar surface area (TPSA) is 68.9 Å². The first-order chi connectivity index (χ1) is 23.5. The molecule has 8 heterocycles. The minimum absolute atomic E-state index is 0.509. The first-order valence-electron chi connectivity index (χ1n) is 18.3. The molecule has 4 saturated heterocycles. The highest BCUT2D eigenvalue weighted by Crippen LogP contribution is 2.54. The van der Waals surface area contributed by atoms with Crippen molar-refractivity contribution in [1.29, 1.82) is 0 Å². The fourth-order valence-corrected chi connectivity index (χ4v) is 11.7. The van der Waals surface area contributed by atoms with Crippen LogP contribution < -0.4 is 9.47 Å². The standard InChI is InChI=1S/2C20H24N2O2/c2*1-3-13-6-12-7-16-19(13)21(9-12)11-22-18-5-4-14(24-2)8-15(18)17(10-23)20(16)22/h2*4-5,8,10,12-13,16,19H,3,6-7,9,11H2,1-2H3/t2*12-,13+,16-,19+/m11/s1. The molecule has 2 unspecified atom stereocenters. The minimum Gasteiger partial charge on any atom is -0.497 e. The van der Waals surface area contributed by atoms with Crippen LogP contribution in [0.1, 0.15) is 96.3 Å². The summed E-state index contributed by atoms with van der Waals surface area (Å²) in [5, 5.41) is 2.11. The number of piperidine rings is 4. The van der Waals surface area contributed by atoms with E-state index >= 15 is 0 Å². The number of benzene rings is 2. The molecule has 6 fully saturated rings. The predicted octanol–water partition coefficient (Wildman–Crippen LogP) is 7.28. The number of fused-ring (bicyclic) bond motifs is 8. The first kappa shape index (κ1) is 30.4. The molecule has 4 aromatic rings. The van der Waals surface area contributed by atoms with Crippen molar-refractivity contribution < 1.29 is 19.1 Å². The monoisotopic (exact) mass is 648 g/mol. The van der Waals surface area contributed by atoms with Gasteiger partial charge in [-0.2, -0.15) is 0 Å². The molecule has 2 saturated carbocycles. The molecule has 6 aliphatic heterocycles. The lowest BCUT2D eigenvalue weighted by atomic mass is 9.64. The Morgan fingerprint density at radius 3 is 1.48 bits per heavy atom. The van der Waals surface area contributed by atoms with E-state index in [0.717, 1.165) is 83.0 Å². The van der Waals surface area contributed by atoms with Crippen LogP contribution in [0, 0.1) is 23.7 Å². The van der Waals surface area contributed by atoms with Gasteiger partial charge >= 0.3 is 0 Å². The van der Waals surface area contributed by atoms with E-state index in [0.29, 0.717) is 23.9 Å². The molecule has 8 heteroatoms. The molecule has 12 rings (SSSR count). The van der Waals surface area contributed by atoms with Gasteiger partial charge in [-0.15, -0.1) is 0 Å². The van der Waals surface area contributed by atoms with Crippen molar-refractivity contribution in [2.45, 2.75) is 89.6 Å². The van der Waals surface area contributed by atoms with Gasteiger partial charge < -0.3 is 18.6 Å². The zero-order valence-corrected chi connectivity index (χ0v) is 28.7. The smallest absolute Gasteiger partial charge is 0.152 e. The molecule has 0 amide bonds. The van der Waals surface area contributed by atoms with E-state index < -0.39 is 0 Å². The lowest BCUT2D eigenvalue weighted by Gasteiger charge is -2.57. The van der Waals surface area contributed by atoms with Crippen LogP contribution in [0.5, 0.6) is 11.5 Å². The third-order valence-electron chi connectivity index (χ3n) is 13.4. The van der Waals surface area contributed by atoms with Gasteiger partial charge in [0.1, 0.15) is 11.5 Å². The molecule has 2 aliphatic carbocycles. The number of nitrogens with zero attached hydrogens (tertiary/aromatic N) is 4. The van der Waals surface area contributed by atoms with E-state index in [9.17, 15) is 9.59 Å². The molecule has 2 aromatic carbocycles. The van der Waals surface area contributed by atoms with Crippen LogP contribution in [0.3, 0.4) is 0 Å². The minimum atomic E-state index is 0.509. The summed E-state index contributed by atoms with van der Waals surface area (Å²) in [5.41, 5.74) is 6.73. The Morgan fingerprint density at radius 2 is 1.10 bits per heavy atom. The fraction of sp³-hybridized carbons (Fsp3) is 0.550. The Hall–Kier alpha value is -3.62. The molecule has 252 valence electrons. The number of aromatic nitrogens is 2. The average molecular weight is 649 g/mol. The van der Waals surface area contributed by atoms with Gasteiger partial charge in [-0.25, -0.2) is 0 Å². The summed E-state index contributed by atoms with van der Waals surface area (Å²) >= 11 is 0. The third kappa shape index (κ3) is 4.27. The fourth-order valence-electron chi connectivity index (χ4n) is 11.7. The maximum absolute atomic E-state index is 12.0. The predicted molar refractivity (Wildman–Crippen MR) is 187 cm³/mol. The van der Waals surface area contributed by atoms with E-state index in [2.05, 4.69) is 44.9 Å². The highest BCUT2D eigenvalue weighted by atomic mass is 16.5. The van der Waals surface area contributed by atoms with Crippen molar-refractivity contribution in [1.82, 2.24) is 18.9 Å².